The molecule has 3 aliphatic rings. The lowest BCUT2D eigenvalue weighted by atomic mass is 9.84. The van der Waals surface area contributed by atoms with Gasteiger partial charge in [0.05, 0.1) is 38.1 Å². The molecule has 16 N–H and O–H groups in total. The molecule has 88 heavy (non-hydrogen) atoms. The Labute approximate surface area is 519 Å². The molecule has 3 rings (SSSR count). The van der Waals surface area contributed by atoms with Crippen molar-refractivity contribution in [3.8, 4) is 0 Å². The number of rotatable bonds is 46. The van der Waals surface area contributed by atoms with Gasteiger partial charge in [-0.05, 0) is 70.6 Å². The largest absolute Gasteiger partial charge is 0.394 e. The predicted molar refractivity (Wildman–Crippen MR) is 320 cm³/mol. The van der Waals surface area contributed by atoms with E-state index in [2.05, 4.69) is 37.2 Å². The van der Waals surface area contributed by atoms with Gasteiger partial charge in [-0.3, -0.25) is 28.8 Å². The van der Waals surface area contributed by atoms with Crippen LogP contribution in [0, 0.1) is 17.8 Å². The fourth-order valence-corrected chi connectivity index (χ4v) is 10.8. The highest BCUT2D eigenvalue weighted by atomic mass is 16.7. The number of nitrogens with one attached hydrogen (secondary N) is 7. The molecule has 16 unspecified atom stereocenters. The van der Waals surface area contributed by atoms with Crippen LogP contribution in [0.15, 0.2) is 0 Å². The number of amides is 6. The summed E-state index contributed by atoms with van der Waals surface area (Å²) in [6.45, 7) is 10.3. The Balaban J connectivity index is 1.40. The van der Waals surface area contributed by atoms with Crippen LogP contribution >= 0.6 is 0 Å². The van der Waals surface area contributed by atoms with Crippen molar-refractivity contribution >= 4 is 35.4 Å². The van der Waals surface area contributed by atoms with Crippen molar-refractivity contribution in [3.63, 3.8) is 0 Å². The molecule has 0 bridgehead atoms. The van der Waals surface area contributed by atoms with Crippen molar-refractivity contribution < 1.29 is 103 Å². The number of carbonyl (C=O) groups is 6. The Morgan fingerprint density at radius 1 is 0.386 bits per heavy atom. The summed E-state index contributed by atoms with van der Waals surface area (Å²) in [7, 11) is 0. The van der Waals surface area contributed by atoms with Gasteiger partial charge < -0.3 is 112 Å². The Morgan fingerprint density at radius 3 is 0.966 bits per heavy atom. The predicted octanol–water partition coefficient (Wildman–Crippen LogP) is -1.50. The lowest BCUT2D eigenvalue weighted by molar-refractivity contribution is -0.282. The molecule has 0 aromatic heterocycles. The standard InChI is InChI=1S/C60H111N7O21/c1-38(2)67-60(34-50(76)66-29-18-27-63-47(73)21-11-8-16-32-85-59-41(5)53(79)56(82)44(37-70)88-59,23-22-48(74)64-28-17-26-62-46(72)20-10-7-15-31-84-58-40(4)52(78)55(81)43(36-69)87-58)33-49(75)65-25-13-12-24-61-45(71)19-9-6-14-30-83-57-39(3)51(77)54(80)42(35-68)86-57/h38-44,51-59,67-70,77-82H,6-37H2,1-5H3,(H,61,71)(H,62,72)(H,63,73)(H,64,74)(H,65,75)(H,66,76). The number of aliphatic hydroxyl groups is 9. The second-order valence-corrected chi connectivity index (χ2v) is 24.2. The van der Waals surface area contributed by atoms with Gasteiger partial charge >= 0.3 is 0 Å². The number of hydrogen-bond donors (Lipinski definition) is 16. The molecule has 0 aliphatic carbocycles. The number of carbonyl (C=O) groups excluding carboxylic acids is 6. The van der Waals surface area contributed by atoms with Gasteiger partial charge in [-0.2, -0.15) is 0 Å². The van der Waals surface area contributed by atoms with Crippen LogP contribution in [0.3, 0.4) is 0 Å². The van der Waals surface area contributed by atoms with Crippen LogP contribution in [-0.4, -0.2) is 246 Å². The maximum atomic E-state index is 13.6. The van der Waals surface area contributed by atoms with Gasteiger partial charge in [-0.1, -0.05) is 53.9 Å². The number of hydrogen-bond acceptors (Lipinski definition) is 22. The minimum Gasteiger partial charge on any atom is -0.394 e. The maximum Gasteiger partial charge on any atom is 0.221 e. The van der Waals surface area contributed by atoms with E-state index in [-0.39, 0.29) is 86.7 Å². The first-order valence-corrected chi connectivity index (χ1v) is 32.2. The zero-order valence-electron chi connectivity index (χ0n) is 52.8. The summed E-state index contributed by atoms with van der Waals surface area (Å²) in [5, 5.41) is 110. The smallest absolute Gasteiger partial charge is 0.221 e. The van der Waals surface area contributed by atoms with Gasteiger partial charge in [0.25, 0.3) is 0 Å². The van der Waals surface area contributed by atoms with Crippen molar-refractivity contribution in [3.05, 3.63) is 0 Å². The molecule has 3 fully saturated rings. The third-order valence-corrected chi connectivity index (χ3v) is 16.2. The van der Waals surface area contributed by atoms with Gasteiger partial charge in [0.15, 0.2) is 18.9 Å². The quantitative estimate of drug-likeness (QED) is 0.0308. The van der Waals surface area contributed by atoms with E-state index in [9.17, 15) is 74.7 Å². The van der Waals surface area contributed by atoms with Crippen LogP contribution in [0.2, 0.25) is 0 Å². The van der Waals surface area contributed by atoms with E-state index in [0.29, 0.717) is 142 Å². The van der Waals surface area contributed by atoms with E-state index < -0.39 is 117 Å². The molecule has 0 aromatic rings. The van der Waals surface area contributed by atoms with Crippen molar-refractivity contribution in [2.45, 2.75) is 248 Å². The molecule has 0 aromatic carbocycles. The van der Waals surface area contributed by atoms with Crippen LogP contribution in [0.25, 0.3) is 0 Å². The zero-order valence-corrected chi connectivity index (χ0v) is 52.8. The summed E-state index contributed by atoms with van der Waals surface area (Å²) in [5.41, 5.74) is -1.12. The molecular formula is C60H111N7O21. The van der Waals surface area contributed by atoms with Gasteiger partial charge in [-0.25, -0.2) is 0 Å². The maximum absolute atomic E-state index is 13.6. The third kappa shape index (κ3) is 29.6. The van der Waals surface area contributed by atoms with Crippen LogP contribution < -0.4 is 37.2 Å². The molecule has 0 radical (unpaired) electrons. The Bertz CT molecular complexity index is 1980. The van der Waals surface area contributed by atoms with Gasteiger partial charge in [0.2, 0.25) is 35.4 Å². The summed E-state index contributed by atoms with van der Waals surface area (Å²) in [6.07, 6.45) is -3.31. The molecule has 28 heteroatoms. The van der Waals surface area contributed by atoms with Gasteiger partial charge in [0.1, 0.15) is 36.6 Å². The summed E-state index contributed by atoms with van der Waals surface area (Å²) in [4.78, 5) is 78.2. The molecular weight excluding hydrogens is 1150 g/mol. The second-order valence-electron chi connectivity index (χ2n) is 24.2. The van der Waals surface area contributed by atoms with Crippen molar-refractivity contribution in [1.82, 2.24) is 37.2 Å². The Kier molecular flexibility index (Phi) is 39.1. The Hall–Kier alpha value is -3.82. The van der Waals surface area contributed by atoms with Crippen molar-refractivity contribution in [1.29, 1.82) is 0 Å². The number of unbranched alkanes of at least 4 members (excludes halogenated alkanes) is 7. The molecule has 0 spiro atoms. The molecule has 3 saturated heterocycles. The van der Waals surface area contributed by atoms with Crippen molar-refractivity contribution in [2.75, 3.05) is 78.9 Å². The van der Waals surface area contributed by atoms with E-state index in [1.54, 1.807) is 20.8 Å². The molecule has 3 heterocycles. The van der Waals surface area contributed by atoms with Crippen LogP contribution in [0.5, 0.6) is 0 Å². The van der Waals surface area contributed by atoms with Crippen molar-refractivity contribution in [2.24, 2.45) is 17.8 Å². The third-order valence-electron chi connectivity index (χ3n) is 16.2. The van der Waals surface area contributed by atoms with E-state index in [1.165, 1.54) is 0 Å². The van der Waals surface area contributed by atoms with E-state index in [1.807, 2.05) is 13.8 Å². The van der Waals surface area contributed by atoms with Crippen LogP contribution in [0.1, 0.15) is 163 Å². The summed E-state index contributed by atoms with van der Waals surface area (Å²) in [6, 6.07) is -0.184. The molecule has 0 saturated carbocycles. The highest BCUT2D eigenvalue weighted by molar-refractivity contribution is 5.82. The first-order valence-electron chi connectivity index (χ1n) is 32.2. The molecule has 16 atom stereocenters. The SMILES string of the molecule is CC(C)NC(CCC(=O)NCCCNC(=O)CCCCCOC1OC(CO)C(O)C(O)C1C)(CC(=O)NCCCCNC(=O)CCCCCOC1OC(CO)C(O)C(O)C1C)CC(=O)NCCCNC(=O)CCCCCOC1OC(CO)C(O)C(O)C1C. The number of ether oxygens (including phenoxy) is 6. The van der Waals surface area contributed by atoms with E-state index >= 15 is 0 Å². The summed E-state index contributed by atoms with van der Waals surface area (Å²) < 4.78 is 34.0. The van der Waals surface area contributed by atoms with Gasteiger partial charge in [0, 0.05) is 127 Å². The zero-order chi connectivity index (χ0) is 65.0. The molecule has 28 nitrogen and oxygen atoms in total. The summed E-state index contributed by atoms with van der Waals surface area (Å²) >= 11 is 0. The highest BCUT2D eigenvalue weighted by Gasteiger charge is 2.45. The monoisotopic (exact) mass is 1270 g/mol. The fraction of sp³-hybridized carbons (Fsp3) is 0.900. The Morgan fingerprint density at radius 2 is 0.670 bits per heavy atom. The highest BCUT2D eigenvalue weighted by Crippen LogP contribution is 2.30. The second kappa shape index (κ2) is 43.9. The lowest BCUT2D eigenvalue weighted by Crippen LogP contribution is -2.55. The lowest BCUT2D eigenvalue weighted by Gasteiger charge is -2.40. The fourth-order valence-electron chi connectivity index (χ4n) is 10.8. The first kappa shape index (κ1) is 78.4. The average molecular weight is 1270 g/mol. The van der Waals surface area contributed by atoms with Gasteiger partial charge in [-0.15, -0.1) is 0 Å². The molecule has 6 amide bonds. The van der Waals surface area contributed by atoms with Crippen LogP contribution in [-0.2, 0) is 57.2 Å². The molecule has 512 valence electrons. The molecule has 3 aliphatic heterocycles. The normalized spacial score (nSPS) is 27.9. The van der Waals surface area contributed by atoms with E-state index in [0.717, 1.165) is 0 Å². The topological polar surface area (TPSA) is 424 Å². The van der Waals surface area contributed by atoms with Crippen LogP contribution in [0.4, 0.5) is 0 Å². The summed E-state index contributed by atoms with van der Waals surface area (Å²) in [5.74, 6) is -2.82. The minimum absolute atomic E-state index is 0.00909. The number of aliphatic hydroxyl groups excluding tert-OH is 9. The minimum atomic E-state index is -1.21. The first-order chi connectivity index (χ1) is 42.1. The average Bonchev–Trinajstić information content (AvgIpc) is 3.68. The van der Waals surface area contributed by atoms with E-state index in [4.69, 9.17) is 28.4 Å².